The number of ether oxygens (including phenoxy) is 1. The number of hydrogen-bond acceptors (Lipinski definition) is 7. The third-order valence-electron chi connectivity index (χ3n) is 4.35. The fraction of sp³-hybridized carbons (Fsp3) is 0.200. The number of aryl methyl sites for hydroxylation is 1. The van der Waals surface area contributed by atoms with Crippen LogP contribution < -0.4 is 10.3 Å². The molecule has 1 atom stereocenters. The lowest BCUT2D eigenvalue weighted by molar-refractivity contribution is -0.386. The molecule has 0 bridgehead atoms. The quantitative estimate of drug-likeness (QED) is 0.305. The third kappa shape index (κ3) is 4.77. The van der Waals surface area contributed by atoms with E-state index in [1.54, 1.807) is 18.2 Å². The Balaban J connectivity index is 2.03. The van der Waals surface area contributed by atoms with Crippen molar-refractivity contribution in [2.24, 2.45) is 5.10 Å². The smallest absolute Gasteiger partial charge is 0.344 e. The number of carboxylic acid groups (broad SMARTS) is 1. The summed E-state index contributed by atoms with van der Waals surface area (Å²) in [6.07, 6.45) is 0.481. The molecule has 1 N–H and O–H groups in total. The maximum absolute atomic E-state index is 12.9. The Morgan fingerprint density at radius 1 is 1.39 bits per heavy atom. The van der Waals surface area contributed by atoms with Gasteiger partial charge in [-0.05, 0) is 37.3 Å². The molecule has 2 aromatic carbocycles. The van der Waals surface area contributed by atoms with Crippen molar-refractivity contribution < 1.29 is 19.6 Å². The zero-order valence-electron chi connectivity index (χ0n) is 16.5. The van der Waals surface area contributed by atoms with E-state index in [4.69, 9.17) is 9.84 Å². The van der Waals surface area contributed by atoms with Gasteiger partial charge in [0.25, 0.3) is 5.56 Å². The van der Waals surface area contributed by atoms with Crippen LogP contribution in [0.2, 0.25) is 0 Å². The van der Waals surface area contributed by atoms with Crippen LogP contribution in [0.25, 0.3) is 10.9 Å². The molecule has 0 aliphatic carbocycles. The van der Waals surface area contributed by atoms with Crippen molar-refractivity contribution in [3.05, 3.63) is 72.7 Å². The van der Waals surface area contributed by atoms with Crippen LogP contribution in [-0.2, 0) is 11.2 Å². The highest BCUT2D eigenvalue weighted by Crippen LogP contribution is 2.28. The Bertz CT molecular complexity index is 1270. The van der Waals surface area contributed by atoms with Crippen LogP contribution in [0.15, 0.2) is 50.8 Å². The Hall–Kier alpha value is -3.60. The summed E-state index contributed by atoms with van der Waals surface area (Å²) in [5.74, 6) is -0.997. The molecule has 10 nitrogen and oxygen atoms in total. The molecule has 0 saturated heterocycles. The monoisotopic (exact) mass is 488 g/mol. The van der Waals surface area contributed by atoms with Gasteiger partial charge in [0, 0.05) is 22.5 Å². The van der Waals surface area contributed by atoms with Crippen molar-refractivity contribution in [2.75, 3.05) is 0 Å². The number of fused-ring (bicyclic) bond motifs is 1. The minimum Gasteiger partial charge on any atom is -0.479 e. The first kappa shape index (κ1) is 22.1. The number of nitro benzene ring substituents is 1. The largest absolute Gasteiger partial charge is 0.479 e. The van der Waals surface area contributed by atoms with E-state index in [9.17, 15) is 19.7 Å². The van der Waals surface area contributed by atoms with Crippen molar-refractivity contribution >= 4 is 44.7 Å². The van der Waals surface area contributed by atoms with E-state index in [0.29, 0.717) is 28.7 Å². The number of hydrogen-bond donors (Lipinski definition) is 1. The van der Waals surface area contributed by atoms with Crippen LogP contribution in [-0.4, -0.2) is 38.0 Å². The highest BCUT2D eigenvalue weighted by atomic mass is 79.9. The first-order chi connectivity index (χ1) is 14.7. The predicted molar refractivity (Wildman–Crippen MR) is 117 cm³/mol. The molecule has 0 amide bonds. The Morgan fingerprint density at radius 2 is 2.13 bits per heavy atom. The van der Waals surface area contributed by atoms with Gasteiger partial charge in [-0.15, -0.1) is 0 Å². The molecule has 160 valence electrons. The van der Waals surface area contributed by atoms with E-state index in [1.807, 2.05) is 6.92 Å². The number of aromatic nitrogens is 2. The van der Waals surface area contributed by atoms with E-state index in [-0.39, 0.29) is 11.3 Å². The second-order valence-corrected chi connectivity index (χ2v) is 7.40. The number of halogens is 1. The fourth-order valence-corrected chi connectivity index (χ4v) is 3.13. The van der Waals surface area contributed by atoms with Crippen molar-refractivity contribution in [3.8, 4) is 5.75 Å². The summed E-state index contributed by atoms with van der Waals surface area (Å²) in [5.41, 5.74) is 0.0799. The summed E-state index contributed by atoms with van der Waals surface area (Å²) in [6.45, 7) is 3.10. The van der Waals surface area contributed by atoms with E-state index in [1.165, 1.54) is 31.3 Å². The van der Waals surface area contributed by atoms with Crippen LogP contribution in [0, 0.1) is 10.1 Å². The molecule has 3 rings (SSSR count). The molecule has 0 spiro atoms. The minimum atomic E-state index is -1.26. The van der Waals surface area contributed by atoms with Gasteiger partial charge in [0.1, 0.15) is 5.82 Å². The number of carbonyl (C=O) groups is 1. The average Bonchev–Trinajstić information content (AvgIpc) is 2.73. The van der Waals surface area contributed by atoms with E-state index < -0.39 is 22.7 Å². The van der Waals surface area contributed by atoms with Crippen molar-refractivity contribution in [2.45, 2.75) is 26.4 Å². The Kier molecular flexibility index (Phi) is 6.44. The molecular weight excluding hydrogens is 472 g/mol. The second-order valence-electron chi connectivity index (χ2n) is 6.49. The number of benzene rings is 2. The average molecular weight is 489 g/mol. The van der Waals surface area contributed by atoms with Crippen LogP contribution in [0.4, 0.5) is 5.69 Å². The lowest BCUT2D eigenvalue weighted by Crippen LogP contribution is -2.23. The molecule has 0 aliphatic heterocycles. The molecule has 31 heavy (non-hydrogen) atoms. The summed E-state index contributed by atoms with van der Waals surface area (Å²) in [5, 5.41) is 24.9. The van der Waals surface area contributed by atoms with Gasteiger partial charge in [-0.25, -0.2) is 9.78 Å². The van der Waals surface area contributed by atoms with Gasteiger partial charge in [0.05, 0.1) is 22.0 Å². The number of aliphatic carboxylic acids is 1. The lowest BCUT2D eigenvalue weighted by atomic mass is 10.2. The predicted octanol–water partition coefficient (Wildman–Crippen LogP) is 3.36. The summed E-state index contributed by atoms with van der Waals surface area (Å²) >= 11 is 3.33. The molecule has 0 saturated carbocycles. The van der Waals surface area contributed by atoms with Gasteiger partial charge >= 0.3 is 11.7 Å². The fourth-order valence-electron chi connectivity index (χ4n) is 2.76. The van der Waals surface area contributed by atoms with E-state index >= 15 is 0 Å². The molecule has 1 aromatic heterocycles. The van der Waals surface area contributed by atoms with E-state index in [0.717, 1.165) is 9.15 Å². The van der Waals surface area contributed by atoms with E-state index in [2.05, 4.69) is 26.0 Å². The Labute approximate surface area is 184 Å². The highest BCUT2D eigenvalue weighted by Gasteiger charge is 2.21. The van der Waals surface area contributed by atoms with Crippen LogP contribution in [0.1, 0.15) is 25.2 Å². The molecule has 11 heteroatoms. The Morgan fingerprint density at radius 3 is 2.77 bits per heavy atom. The molecule has 0 fully saturated rings. The summed E-state index contributed by atoms with van der Waals surface area (Å²) in [4.78, 5) is 39.0. The van der Waals surface area contributed by atoms with Crippen molar-refractivity contribution in [3.63, 3.8) is 0 Å². The molecule has 0 aliphatic rings. The van der Waals surface area contributed by atoms with Crippen LogP contribution in [0.3, 0.4) is 0 Å². The van der Waals surface area contributed by atoms with Gasteiger partial charge in [0.15, 0.2) is 11.9 Å². The first-order valence-electron chi connectivity index (χ1n) is 9.14. The summed E-state index contributed by atoms with van der Waals surface area (Å²) in [7, 11) is 0. The van der Waals surface area contributed by atoms with Gasteiger partial charge in [-0.1, -0.05) is 22.9 Å². The van der Waals surface area contributed by atoms with Crippen LogP contribution in [0.5, 0.6) is 5.75 Å². The van der Waals surface area contributed by atoms with Gasteiger partial charge in [-0.3, -0.25) is 14.9 Å². The standard InChI is InChI=1S/C20H17BrN4O6/c1-3-18-23-15-6-5-13(21)9-14(15)19(26)24(18)22-10-12-4-7-17(16(8-12)25(29)30)31-11(2)20(27)28/h4-11H,3H2,1-2H3,(H,27,28)/t11-/m0/s1. The number of carboxylic acids is 1. The van der Waals surface area contributed by atoms with Gasteiger partial charge < -0.3 is 9.84 Å². The summed E-state index contributed by atoms with van der Waals surface area (Å²) < 4.78 is 7.02. The molecule has 0 unspecified atom stereocenters. The zero-order chi connectivity index (χ0) is 22.7. The summed E-state index contributed by atoms with van der Waals surface area (Å²) in [6, 6.07) is 9.12. The second kappa shape index (κ2) is 9.04. The minimum absolute atomic E-state index is 0.180. The highest BCUT2D eigenvalue weighted by molar-refractivity contribution is 9.10. The van der Waals surface area contributed by atoms with Crippen molar-refractivity contribution in [1.82, 2.24) is 9.66 Å². The van der Waals surface area contributed by atoms with Crippen LogP contribution >= 0.6 is 15.9 Å². The zero-order valence-corrected chi connectivity index (χ0v) is 18.1. The molecule has 3 aromatic rings. The maximum Gasteiger partial charge on any atom is 0.344 e. The molecular formula is C20H17BrN4O6. The lowest BCUT2D eigenvalue weighted by Gasteiger charge is -2.11. The normalized spacial score (nSPS) is 12.2. The number of nitro groups is 1. The maximum atomic E-state index is 12.9. The number of rotatable bonds is 7. The van der Waals surface area contributed by atoms with Gasteiger partial charge in [0.2, 0.25) is 0 Å². The first-order valence-corrected chi connectivity index (χ1v) is 9.94. The van der Waals surface area contributed by atoms with Crippen molar-refractivity contribution in [1.29, 1.82) is 0 Å². The number of nitrogens with zero attached hydrogens (tertiary/aromatic N) is 4. The topological polar surface area (TPSA) is 137 Å². The third-order valence-corrected chi connectivity index (χ3v) is 4.84. The molecule has 0 radical (unpaired) electrons. The van der Waals surface area contributed by atoms with Gasteiger partial charge in [-0.2, -0.15) is 9.78 Å². The molecule has 1 heterocycles. The SMILES string of the molecule is CCc1nc2ccc(Br)cc2c(=O)n1N=Cc1ccc(O[C@@H](C)C(=O)O)c([N+](=O)[O-])c1.